The van der Waals surface area contributed by atoms with Gasteiger partial charge >= 0.3 is 0 Å². The van der Waals surface area contributed by atoms with E-state index in [1.807, 2.05) is 0 Å². The summed E-state index contributed by atoms with van der Waals surface area (Å²) >= 11 is 6.52. The molecule has 0 heterocycles. The topological polar surface area (TPSA) is 27.7 Å². The van der Waals surface area contributed by atoms with Gasteiger partial charge in [-0.15, -0.1) is 0 Å². The number of methoxy groups -OCH3 is 2. The van der Waals surface area contributed by atoms with Gasteiger partial charge in [-0.1, -0.05) is 0 Å². The highest BCUT2D eigenvalue weighted by Crippen LogP contribution is 2.26. The van der Waals surface area contributed by atoms with Crippen molar-refractivity contribution in [2.24, 2.45) is 0 Å². The smallest absolute Gasteiger partial charge is 0.200 e. The van der Waals surface area contributed by atoms with Crippen molar-refractivity contribution >= 4 is 31.9 Å². The van der Waals surface area contributed by atoms with Crippen LogP contribution >= 0.6 is 31.9 Å². The molecule has 0 bridgehead atoms. The third kappa shape index (κ3) is 7.21. The third-order valence-electron chi connectivity index (χ3n) is 1.00. The van der Waals surface area contributed by atoms with E-state index in [1.165, 1.54) is 0 Å². The molecule has 0 aromatic heterocycles. The maximum Gasteiger partial charge on any atom is 0.200 e. The van der Waals surface area contributed by atoms with Crippen LogP contribution in [0.2, 0.25) is 0 Å². The van der Waals surface area contributed by atoms with E-state index in [0.717, 1.165) is 0 Å². The van der Waals surface area contributed by atoms with Crippen LogP contribution in [0.4, 0.5) is 0 Å². The first kappa shape index (κ1) is 11.8. The van der Waals surface area contributed by atoms with Crippen LogP contribution in [0.5, 0.6) is 0 Å². The fraction of sp³-hybridized carbons (Fsp3) is 1.00. The average Bonchev–Trinajstić information content (AvgIpc) is 1.99. The minimum atomic E-state index is -0.562. The first-order chi connectivity index (χ1) is 5.12. The first-order valence-corrected chi connectivity index (χ1v) is 4.70. The van der Waals surface area contributed by atoms with E-state index in [4.69, 9.17) is 14.2 Å². The van der Waals surface area contributed by atoms with Crippen LogP contribution in [-0.4, -0.2) is 37.5 Å². The fourth-order valence-electron chi connectivity index (χ4n) is 0.392. The number of rotatable bonds is 6. The summed E-state index contributed by atoms with van der Waals surface area (Å²) in [5.41, 5.74) is 0. The highest BCUT2D eigenvalue weighted by molar-refractivity contribution is 9.25. The quantitative estimate of drug-likeness (QED) is 0.551. The third-order valence-corrected chi connectivity index (χ3v) is 2.11. The number of hydrogen-bond donors (Lipinski definition) is 0. The summed E-state index contributed by atoms with van der Waals surface area (Å²) in [6, 6.07) is 0. The zero-order chi connectivity index (χ0) is 8.74. The van der Waals surface area contributed by atoms with Crippen molar-refractivity contribution in [1.29, 1.82) is 0 Å². The second-order valence-electron chi connectivity index (χ2n) is 1.89. The van der Waals surface area contributed by atoms with Gasteiger partial charge in [-0.05, 0) is 31.9 Å². The molecule has 0 rings (SSSR count). The van der Waals surface area contributed by atoms with Gasteiger partial charge in [-0.3, -0.25) is 0 Å². The fourth-order valence-corrected chi connectivity index (χ4v) is 0.716. The molecule has 0 aliphatic rings. The van der Waals surface area contributed by atoms with E-state index in [1.54, 1.807) is 14.2 Å². The molecule has 0 aliphatic carbocycles. The molecule has 0 unspecified atom stereocenters. The summed E-state index contributed by atoms with van der Waals surface area (Å²) in [6.07, 6.45) is 0. The predicted octanol–water partition coefficient (Wildman–Crippen LogP) is 1.74. The molecule has 0 aromatic rings. The molecule has 0 amide bonds. The van der Waals surface area contributed by atoms with Gasteiger partial charge in [0, 0.05) is 14.2 Å². The van der Waals surface area contributed by atoms with E-state index in [0.29, 0.717) is 19.8 Å². The van der Waals surface area contributed by atoms with Gasteiger partial charge in [-0.25, -0.2) is 0 Å². The summed E-state index contributed by atoms with van der Waals surface area (Å²) < 4.78 is 14.4. The van der Waals surface area contributed by atoms with Crippen LogP contribution in [-0.2, 0) is 14.2 Å². The molecule has 0 aliphatic heterocycles. The first-order valence-electron chi connectivity index (χ1n) is 3.12. The van der Waals surface area contributed by atoms with Gasteiger partial charge < -0.3 is 14.2 Å². The number of alkyl halides is 2. The highest BCUT2D eigenvalue weighted by Gasteiger charge is 2.21. The van der Waals surface area contributed by atoms with E-state index in [9.17, 15) is 0 Å². The monoisotopic (exact) mass is 290 g/mol. The Morgan fingerprint density at radius 2 is 1.82 bits per heavy atom. The van der Waals surface area contributed by atoms with E-state index < -0.39 is 3.42 Å². The number of halogens is 2. The molecule has 0 radical (unpaired) electrons. The van der Waals surface area contributed by atoms with Crippen LogP contribution in [0.3, 0.4) is 0 Å². The highest BCUT2D eigenvalue weighted by atomic mass is 79.9. The molecule has 0 saturated carbocycles. The Morgan fingerprint density at radius 1 is 1.18 bits per heavy atom. The Hall–Kier alpha value is 0.840. The van der Waals surface area contributed by atoms with Gasteiger partial charge in [0.15, 0.2) is 0 Å². The molecule has 5 heteroatoms. The molecule has 11 heavy (non-hydrogen) atoms. The van der Waals surface area contributed by atoms with Crippen molar-refractivity contribution in [3.8, 4) is 0 Å². The van der Waals surface area contributed by atoms with Gasteiger partial charge in [0.05, 0.1) is 19.8 Å². The molecule has 0 aromatic carbocycles. The molecule has 0 saturated heterocycles. The maximum atomic E-state index is 5.19. The summed E-state index contributed by atoms with van der Waals surface area (Å²) in [4.78, 5) is 0. The van der Waals surface area contributed by atoms with Crippen LogP contribution < -0.4 is 0 Å². The summed E-state index contributed by atoms with van der Waals surface area (Å²) in [5, 5.41) is 0. The summed E-state index contributed by atoms with van der Waals surface area (Å²) in [6.45, 7) is 1.60. The van der Waals surface area contributed by atoms with E-state index >= 15 is 0 Å². The van der Waals surface area contributed by atoms with Crippen molar-refractivity contribution in [3.05, 3.63) is 0 Å². The normalized spacial score (nSPS) is 12.0. The van der Waals surface area contributed by atoms with Crippen molar-refractivity contribution in [2.45, 2.75) is 3.42 Å². The zero-order valence-corrected chi connectivity index (χ0v) is 9.77. The molecule has 3 nitrogen and oxygen atoms in total. The van der Waals surface area contributed by atoms with Gasteiger partial charge in [0.25, 0.3) is 0 Å². The maximum absolute atomic E-state index is 5.19. The van der Waals surface area contributed by atoms with Gasteiger partial charge in [-0.2, -0.15) is 0 Å². The van der Waals surface area contributed by atoms with Crippen LogP contribution in [0, 0.1) is 0 Å². The lowest BCUT2D eigenvalue weighted by Crippen LogP contribution is -2.22. The lowest BCUT2D eigenvalue weighted by molar-refractivity contribution is 0.0195. The molecule has 0 fully saturated rings. The van der Waals surface area contributed by atoms with E-state index in [2.05, 4.69) is 31.9 Å². The predicted molar refractivity (Wildman–Crippen MR) is 50.3 cm³/mol. The van der Waals surface area contributed by atoms with Crippen LogP contribution in [0.15, 0.2) is 0 Å². The zero-order valence-electron chi connectivity index (χ0n) is 6.60. The van der Waals surface area contributed by atoms with Crippen molar-refractivity contribution in [3.63, 3.8) is 0 Å². The Morgan fingerprint density at radius 3 is 2.27 bits per heavy atom. The minimum Gasteiger partial charge on any atom is -0.382 e. The number of hydrogen-bond acceptors (Lipinski definition) is 3. The Labute approximate surface area is 83.6 Å². The molecular formula is C6H12Br2O3. The lowest BCUT2D eigenvalue weighted by atomic mass is 10.7. The van der Waals surface area contributed by atoms with Gasteiger partial charge in [0.1, 0.15) is 0 Å². The van der Waals surface area contributed by atoms with Crippen LogP contribution in [0.25, 0.3) is 0 Å². The standard InChI is InChI=1S/C6H12Br2O3/c1-9-3-4-11-5-6(7,8)10-2/h3-5H2,1-2H3. The van der Waals surface area contributed by atoms with E-state index in [-0.39, 0.29) is 0 Å². The summed E-state index contributed by atoms with van der Waals surface area (Å²) in [5.74, 6) is 0. The molecular weight excluding hydrogens is 280 g/mol. The number of ether oxygens (including phenoxy) is 3. The Bertz CT molecular complexity index is 97.8. The van der Waals surface area contributed by atoms with Crippen LogP contribution in [0.1, 0.15) is 0 Å². The SMILES string of the molecule is COCCOCC(Br)(Br)OC. The second kappa shape index (κ2) is 6.37. The van der Waals surface area contributed by atoms with Crippen molar-refractivity contribution in [2.75, 3.05) is 34.0 Å². The second-order valence-corrected chi connectivity index (χ2v) is 5.51. The van der Waals surface area contributed by atoms with Gasteiger partial charge in [0.2, 0.25) is 3.42 Å². The van der Waals surface area contributed by atoms with Crippen molar-refractivity contribution < 1.29 is 14.2 Å². The Balaban J connectivity index is 3.23. The average molecular weight is 292 g/mol. The molecule has 0 spiro atoms. The molecule has 68 valence electrons. The molecule has 0 N–H and O–H groups in total. The van der Waals surface area contributed by atoms with Crippen molar-refractivity contribution in [1.82, 2.24) is 0 Å². The molecule has 0 atom stereocenters. The Kier molecular flexibility index (Phi) is 6.85. The lowest BCUT2D eigenvalue weighted by Gasteiger charge is -2.17. The minimum absolute atomic E-state index is 0.437. The largest absolute Gasteiger partial charge is 0.382 e. The summed E-state index contributed by atoms with van der Waals surface area (Å²) in [7, 11) is 3.22.